The van der Waals surface area contributed by atoms with Crippen molar-refractivity contribution >= 4 is 0 Å². The zero-order valence-electron chi connectivity index (χ0n) is 10.9. The topological polar surface area (TPSA) is 48.1 Å². The van der Waals surface area contributed by atoms with E-state index in [1.165, 1.54) is 31.3 Å². The van der Waals surface area contributed by atoms with Crippen molar-refractivity contribution in [1.29, 1.82) is 0 Å². The molecule has 1 rings (SSSR count). The minimum Gasteiger partial charge on any atom is -0.349 e. The maximum absolute atomic E-state index is 12.6. The summed E-state index contributed by atoms with van der Waals surface area (Å²) in [7, 11) is 0. The van der Waals surface area contributed by atoms with E-state index in [-0.39, 0.29) is 12.1 Å². The molecule has 120 valence electrons. The van der Waals surface area contributed by atoms with Crippen molar-refractivity contribution in [3.05, 3.63) is 30.1 Å². The number of nitrogens with zero attached hydrogens (tertiary/aromatic N) is 1. The van der Waals surface area contributed by atoms with Crippen molar-refractivity contribution in [2.45, 2.75) is 43.9 Å². The Labute approximate surface area is 117 Å². The lowest BCUT2D eigenvalue weighted by Crippen LogP contribution is -2.47. The van der Waals surface area contributed by atoms with E-state index in [1.807, 2.05) is 0 Å². The highest BCUT2D eigenvalue weighted by atomic mass is 19.4. The van der Waals surface area contributed by atoms with Crippen molar-refractivity contribution in [2.75, 3.05) is 0 Å². The van der Waals surface area contributed by atoms with Crippen LogP contribution in [0.1, 0.15) is 25.1 Å². The van der Waals surface area contributed by atoms with Gasteiger partial charge in [0.25, 0.3) is 0 Å². The number of pyridine rings is 1. The van der Waals surface area contributed by atoms with Crippen LogP contribution in [-0.4, -0.2) is 29.5 Å². The average molecular weight is 316 g/mol. The predicted octanol–water partition coefficient (Wildman–Crippen LogP) is 3.37. The second kappa shape index (κ2) is 6.61. The molecule has 0 spiro atoms. The smallest absolute Gasteiger partial charge is 0.349 e. The van der Waals surface area contributed by atoms with E-state index in [0.29, 0.717) is 0 Å². The Hall–Kier alpha value is -1.35. The van der Waals surface area contributed by atoms with Gasteiger partial charge >= 0.3 is 12.4 Å². The maximum atomic E-state index is 12.6. The highest BCUT2D eigenvalue weighted by molar-refractivity contribution is 5.09. The molecule has 0 saturated carbocycles. The predicted molar refractivity (Wildman–Crippen MR) is 62.2 cm³/mol. The number of halogens is 6. The van der Waals surface area contributed by atoms with Crippen molar-refractivity contribution < 1.29 is 31.1 Å². The number of ether oxygens (including phenoxy) is 1. The first-order valence-corrected chi connectivity index (χ1v) is 6.02. The second-order valence-corrected chi connectivity index (χ2v) is 4.35. The van der Waals surface area contributed by atoms with E-state index in [2.05, 4.69) is 9.72 Å². The van der Waals surface area contributed by atoms with Gasteiger partial charge in [0.1, 0.15) is 6.10 Å². The van der Waals surface area contributed by atoms with Crippen LogP contribution in [-0.2, 0) is 4.74 Å². The van der Waals surface area contributed by atoms with Gasteiger partial charge in [-0.05, 0) is 18.6 Å². The summed E-state index contributed by atoms with van der Waals surface area (Å²) in [5.74, 6) is 0. The number of aromatic nitrogens is 1. The van der Waals surface area contributed by atoms with Crippen LogP contribution in [0.25, 0.3) is 0 Å². The minimum atomic E-state index is -5.58. The molecule has 3 nitrogen and oxygen atoms in total. The van der Waals surface area contributed by atoms with E-state index in [1.54, 1.807) is 0 Å². The molecule has 0 saturated heterocycles. The van der Waals surface area contributed by atoms with Gasteiger partial charge in [0.05, 0.1) is 5.69 Å². The van der Waals surface area contributed by atoms with E-state index in [0.717, 1.165) is 0 Å². The van der Waals surface area contributed by atoms with Crippen LogP contribution < -0.4 is 5.73 Å². The van der Waals surface area contributed by atoms with Crippen LogP contribution in [0.4, 0.5) is 26.3 Å². The van der Waals surface area contributed by atoms with Crippen LogP contribution in [0.3, 0.4) is 0 Å². The average Bonchev–Trinajstić information content (AvgIpc) is 2.36. The summed E-state index contributed by atoms with van der Waals surface area (Å²) in [5, 5.41) is 0. The molecule has 0 aliphatic heterocycles. The number of hydrogen-bond acceptors (Lipinski definition) is 3. The Kier molecular flexibility index (Phi) is 5.57. The monoisotopic (exact) mass is 316 g/mol. The summed E-state index contributed by atoms with van der Waals surface area (Å²) in [6.45, 7) is 1.53. The van der Waals surface area contributed by atoms with Crippen molar-refractivity contribution in [2.24, 2.45) is 5.73 Å². The van der Waals surface area contributed by atoms with Gasteiger partial charge in [0, 0.05) is 12.2 Å². The van der Waals surface area contributed by atoms with Crippen molar-refractivity contribution in [3.63, 3.8) is 0 Å². The SMILES string of the molecule is CCC(N)C(OC(C(F)(F)F)C(F)(F)F)c1ccccn1. The van der Waals surface area contributed by atoms with Crippen molar-refractivity contribution in [3.8, 4) is 0 Å². The lowest BCUT2D eigenvalue weighted by Gasteiger charge is -2.30. The summed E-state index contributed by atoms with van der Waals surface area (Å²) in [4.78, 5) is 3.73. The normalized spacial score (nSPS) is 16.0. The van der Waals surface area contributed by atoms with Crippen molar-refractivity contribution in [1.82, 2.24) is 4.98 Å². The minimum absolute atomic E-state index is 0.0784. The molecule has 0 radical (unpaired) electrons. The molecule has 1 heterocycles. The molecule has 21 heavy (non-hydrogen) atoms. The standard InChI is InChI=1S/C12H14F6N2O/c1-2-7(19)9(8-5-3-4-6-20-8)21-10(11(13,14)15)12(16,17)18/h3-7,9-10H,2,19H2,1H3. The van der Waals surface area contributed by atoms with Gasteiger partial charge in [-0.3, -0.25) is 4.98 Å². The van der Waals surface area contributed by atoms with Crippen LogP contribution in [0, 0.1) is 0 Å². The van der Waals surface area contributed by atoms with Gasteiger partial charge in [-0.25, -0.2) is 0 Å². The first kappa shape index (κ1) is 17.7. The third-order valence-corrected chi connectivity index (χ3v) is 2.72. The molecule has 0 bridgehead atoms. The number of alkyl halides is 6. The lowest BCUT2D eigenvalue weighted by atomic mass is 10.1. The van der Waals surface area contributed by atoms with Gasteiger partial charge < -0.3 is 10.5 Å². The zero-order chi connectivity index (χ0) is 16.3. The molecule has 9 heteroatoms. The van der Waals surface area contributed by atoms with Gasteiger partial charge in [-0.15, -0.1) is 0 Å². The number of nitrogens with two attached hydrogens (primary N) is 1. The lowest BCUT2D eigenvalue weighted by molar-refractivity contribution is -0.333. The van der Waals surface area contributed by atoms with Crippen LogP contribution in [0.5, 0.6) is 0 Å². The zero-order valence-corrected chi connectivity index (χ0v) is 10.9. The third kappa shape index (κ3) is 4.85. The first-order chi connectivity index (χ1) is 9.57. The van der Waals surface area contributed by atoms with E-state index >= 15 is 0 Å². The van der Waals surface area contributed by atoms with Gasteiger partial charge in [-0.2, -0.15) is 26.3 Å². The third-order valence-electron chi connectivity index (χ3n) is 2.72. The summed E-state index contributed by atoms with van der Waals surface area (Å²) >= 11 is 0. The maximum Gasteiger partial charge on any atom is 0.423 e. The largest absolute Gasteiger partial charge is 0.423 e. The fraction of sp³-hybridized carbons (Fsp3) is 0.583. The first-order valence-electron chi connectivity index (χ1n) is 6.02. The summed E-state index contributed by atoms with van der Waals surface area (Å²) < 4.78 is 79.6. The van der Waals surface area contributed by atoms with Crippen LogP contribution in [0.2, 0.25) is 0 Å². The second-order valence-electron chi connectivity index (χ2n) is 4.35. The summed E-state index contributed by atoms with van der Waals surface area (Å²) in [5.41, 5.74) is 5.51. The van der Waals surface area contributed by atoms with Crippen LogP contribution in [0.15, 0.2) is 24.4 Å². The highest BCUT2D eigenvalue weighted by Crippen LogP contribution is 2.39. The van der Waals surface area contributed by atoms with Gasteiger partial charge in [-0.1, -0.05) is 13.0 Å². The Morgan fingerprint density at radius 2 is 1.71 bits per heavy atom. The number of rotatable bonds is 5. The molecule has 1 aromatic heterocycles. The molecular formula is C12H14F6N2O. The molecule has 2 unspecified atom stereocenters. The van der Waals surface area contributed by atoms with Gasteiger partial charge in [0.15, 0.2) is 0 Å². The molecule has 1 aromatic rings. The van der Waals surface area contributed by atoms with Crippen LogP contribution >= 0.6 is 0 Å². The fourth-order valence-electron chi connectivity index (χ4n) is 1.63. The molecular weight excluding hydrogens is 302 g/mol. The van der Waals surface area contributed by atoms with E-state index in [9.17, 15) is 26.3 Å². The molecule has 0 aromatic carbocycles. The molecule has 0 aliphatic rings. The fourth-order valence-corrected chi connectivity index (χ4v) is 1.63. The summed E-state index contributed by atoms with van der Waals surface area (Å²) in [6, 6.07) is 3.12. The summed E-state index contributed by atoms with van der Waals surface area (Å²) in [6.07, 6.45) is -15.3. The van der Waals surface area contributed by atoms with E-state index in [4.69, 9.17) is 5.73 Å². The Morgan fingerprint density at radius 1 is 1.14 bits per heavy atom. The molecule has 0 fully saturated rings. The Balaban J connectivity index is 3.10. The Bertz CT molecular complexity index is 420. The molecule has 0 aliphatic carbocycles. The van der Waals surface area contributed by atoms with Gasteiger partial charge in [0.2, 0.25) is 6.10 Å². The van der Waals surface area contributed by atoms with E-state index < -0.39 is 30.6 Å². The highest BCUT2D eigenvalue weighted by Gasteiger charge is 2.59. The molecule has 0 amide bonds. The Morgan fingerprint density at radius 3 is 2.10 bits per heavy atom. The number of hydrogen-bond donors (Lipinski definition) is 1. The quantitative estimate of drug-likeness (QED) is 0.847. The molecule has 2 atom stereocenters. The molecule has 2 N–H and O–H groups in total.